The molecule has 3 aromatic rings. The molecule has 7 heteroatoms. The van der Waals surface area contributed by atoms with Crippen LogP contribution in [0.4, 0.5) is 0 Å². The van der Waals surface area contributed by atoms with Crippen LogP contribution in [0.15, 0.2) is 48.7 Å². The van der Waals surface area contributed by atoms with Crippen LogP contribution in [-0.4, -0.2) is 40.9 Å². The van der Waals surface area contributed by atoms with Crippen LogP contribution < -0.4 is 14.8 Å². The number of nitrogens with one attached hydrogen (secondary N) is 1. The summed E-state index contributed by atoms with van der Waals surface area (Å²) in [6.07, 6.45) is 2.43. The number of para-hydroxylation sites is 2. The van der Waals surface area contributed by atoms with Crippen molar-refractivity contribution in [1.29, 1.82) is 0 Å². The van der Waals surface area contributed by atoms with E-state index < -0.39 is 0 Å². The first-order chi connectivity index (χ1) is 13.6. The Balaban J connectivity index is 1.54. The highest BCUT2D eigenvalue weighted by atomic mass is 16.5. The summed E-state index contributed by atoms with van der Waals surface area (Å²) in [5, 5.41) is 7.46. The molecule has 0 saturated carbocycles. The van der Waals surface area contributed by atoms with Crippen LogP contribution in [0.5, 0.6) is 11.5 Å². The highest BCUT2D eigenvalue weighted by Crippen LogP contribution is 2.25. The van der Waals surface area contributed by atoms with Crippen molar-refractivity contribution in [3.05, 3.63) is 65.6 Å². The molecule has 0 saturated heterocycles. The summed E-state index contributed by atoms with van der Waals surface area (Å²) in [6.45, 7) is 4.42. The highest BCUT2D eigenvalue weighted by molar-refractivity contribution is 5.77. The lowest BCUT2D eigenvalue weighted by Crippen LogP contribution is -2.30. The topological polar surface area (TPSA) is 78.3 Å². The number of ether oxygens (including phenoxy) is 2. The van der Waals surface area contributed by atoms with Crippen LogP contribution in [0.25, 0.3) is 5.82 Å². The Bertz CT molecular complexity index is 938. The van der Waals surface area contributed by atoms with E-state index in [1.807, 2.05) is 48.9 Å². The molecule has 0 aliphatic rings. The predicted molar refractivity (Wildman–Crippen MR) is 106 cm³/mol. The minimum atomic E-state index is -0.182. The lowest BCUT2D eigenvalue weighted by molar-refractivity contribution is -0.123. The molecule has 0 fully saturated rings. The molecule has 0 spiro atoms. The molecule has 7 nitrogen and oxygen atoms in total. The number of aromatic nitrogens is 3. The molecule has 0 aliphatic heterocycles. The normalized spacial score (nSPS) is 10.5. The van der Waals surface area contributed by atoms with Crippen LogP contribution in [0.2, 0.25) is 0 Å². The number of hydrogen-bond donors (Lipinski definition) is 1. The van der Waals surface area contributed by atoms with E-state index in [9.17, 15) is 4.79 Å². The summed E-state index contributed by atoms with van der Waals surface area (Å²) in [4.78, 5) is 16.4. The van der Waals surface area contributed by atoms with Crippen molar-refractivity contribution in [1.82, 2.24) is 20.1 Å². The van der Waals surface area contributed by atoms with E-state index in [4.69, 9.17) is 9.47 Å². The maximum atomic E-state index is 12.1. The van der Waals surface area contributed by atoms with Gasteiger partial charge in [-0.05, 0) is 50.1 Å². The van der Waals surface area contributed by atoms with Gasteiger partial charge in [0.1, 0.15) is 0 Å². The first-order valence-electron chi connectivity index (χ1n) is 9.09. The monoisotopic (exact) mass is 380 g/mol. The number of carbonyl (C=O) groups excluding carboxylic acids is 1. The number of nitrogens with zero attached hydrogens (tertiary/aromatic N) is 3. The van der Waals surface area contributed by atoms with Crippen molar-refractivity contribution in [2.75, 3.05) is 20.3 Å². The third-order valence-corrected chi connectivity index (χ3v) is 4.43. The van der Waals surface area contributed by atoms with Gasteiger partial charge in [-0.3, -0.25) is 4.79 Å². The van der Waals surface area contributed by atoms with Crippen LogP contribution in [0, 0.1) is 13.8 Å². The van der Waals surface area contributed by atoms with Crippen LogP contribution >= 0.6 is 0 Å². The lowest BCUT2D eigenvalue weighted by atomic mass is 10.1. The minimum Gasteiger partial charge on any atom is -0.493 e. The van der Waals surface area contributed by atoms with Gasteiger partial charge in [0.15, 0.2) is 23.9 Å². The van der Waals surface area contributed by atoms with E-state index >= 15 is 0 Å². The van der Waals surface area contributed by atoms with Gasteiger partial charge in [-0.1, -0.05) is 18.2 Å². The van der Waals surface area contributed by atoms with Gasteiger partial charge in [0.2, 0.25) is 0 Å². The smallest absolute Gasteiger partial charge is 0.257 e. The van der Waals surface area contributed by atoms with Gasteiger partial charge in [0.25, 0.3) is 5.91 Å². The summed E-state index contributed by atoms with van der Waals surface area (Å²) in [5.41, 5.74) is 3.06. The molecule has 1 amide bonds. The number of rotatable bonds is 8. The standard InChI is InChI=1S/C21H24N4O3/c1-15-17(16(2)25(24-15)20-10-6-7-12-22-20)11-13-23-21(26)14-28-19-9-5-4-8-18(19)27-3/h4-10,12H,11,13-14H2,1-3H3,(H,23,26). The Labute approximate surface area is 164 Å². The van der Waals surface area contributed by atoms with Gasteiger partial charge in [-0.2, -0.15) is 5.10 Å². The lowest BCUT2D eigenvalue weighted by Gasteiger charge is -2.10. The predicted octanol–water partition coefficient (Wildman–Crippen LogP) is 2.63. The van der Waals surface area contributed by atoms with Crippen molar-refractivity contribution >= 4 is 5.91 Å². The molecule has 1 aromatic carbocycles. The Morgan fingerprint density at radius 1 is 1.11 bits per heavy atom. The molecule has 3 rings (SSSR count). The molecular formula is C21H24N4O3. The molecule has 1 N–H and O–H groups in total. The summed E-state index contributed by atoms with van der Waals surface area (Å²) < 4.78 is 12.6. The van der Waals surface area contributed by atoms with E-state index in [1.165, 1.54) is 0 Å². The molecule has 0 unspecified atom stereocenters. The quantitative estimate of drug-likeness (QED) is 0.650. The molecular weight excluding hydrogens is 356 g/mol. The minimum absolute atomic E-state index is 0.0640. The van der Waals surface area contributed by atoms with Crippen molar-refractivity contribution in [2.24, 2.45) is 0 Å². The number of carbonyl (C=O) groups is 1. The highest BCUT2D eigenvalue weighted by Gasteiger charge is 2.14. The first-order valence-corrected chi connectivity index (χ1v) is 9.09. The molecule has 146 valence electrons. The fourth-order valence-electron chi connectivity index (χ4n) is 3.00. The maximum absolute atomic E-state index is 12.1. The van der Waals surface area contributed by atoms with E-state index in [0.717, 1.165) is 22.8 Å². The SMILES string of the molecule is COc1ccccc1OCC(=O)NCCc1c(C)nn(-c2ccccn2)c1C. The zero-order chi connectivity index (χ0) is 19.9. The average molecular weight is 380 g/mol. The molecule has 2 heterocycles. The van der Waals surface area contributed by atoms with Gasteiger partial charge >= 0.3 is 0 Å². The van der Waals surface area contributed by atoms with Gasteiger partial charge < -0.3 is 14.8 Å². The number of benzene rings is 1. The number of methoxy groups -OCH3 is 1. The molecule has 2 aromatic heterocycles. The van der Waals surface area contributed by atoms with E-state index in [-0.39, 0.29) is 12.5 Å². The maximum Gasteiger partial charge on any atom is 0.257 e. The molecule has 28 heavy (non-hydrogen) atoms. The summed E-state index contributed by atoms with van der Waals surface area (Å²) in [6, 6.07) is 13.0. The Hall–Kier alpha value is -3.35. The second kappa shape index (κ2) is 9.03. The van der Waals surface area contributed by atoms with Gasteiger partial charge in [0.05, 0.1) is 12.8 Å². The second-order valence-electron chi connectivity index (χ2n) is 6.29. The molecule has 0 bridgehead atoms. The average Bonchev–Trinajstić information content (AvgIpc) is 3.01. The number of aryl methyl sites for hydroxylation is 1. The zero-order valence-corrected chi connectivity index (χ0v) is 16.3. The largest absolute Gasteiger partial charge is 0.493 e. The number of pyridine rings is 1. The van der Waals surface area contributed by atoms with E-state index in [2.05, 4.69) is 15.4 Å². The van der Waals surface area contributed by atoms with Crippen LogP contribution in [0.3, 0.4) is 0 Å². The molecule has 0 radical (unpaired) electrons. The molecule has 0 atom stereocenters. The zero-order valence-electron chi connectivity index (χ0n) is 16.3. The number of hydrogen-bond acceptors (Lipinski definition) is 5. The Morgan fingerprint density at radius 2 is 1.86 bits per heavy atom. The third kappa shape index (κ3) is 4.49. The van der Waals surface area contributed by atoms with Crippen LogP contribution in [0.1, 0.15) is 17.0 Å². The van der Waals surface area contributed by atoms with Gasteiger partial charge in [-0.15, -0.1) is 0 Å². The van der Waals surface area contributed by atoms with Crippen molar-refractivity contribution in [3.63, 3.8) is 0 Å². The Morgan fingerprint density at radius 3 is 2.57 bits per heavy atom. The third-order valence-electron chi connectivity index (χ3n) is 4.43. The van der Waals surface area contributed by atoms with Gasteiger partial charge in [-0.25, -0.2) is 9.67 Å². The van der Waals surface area contributed by atoms with Crippen molar-refractivity contribution in [2.45, 2.75) is 20.3 Å². The first kappa shape index (κ1) is 19.4. The second-order valence-corrected chi connectivity index (χ2v) is 6.29. The van der Waals surface area contributed by atoms with Crippen molar-refractivity contribution < 1.29 is 14.3 Å². The summed E-state index contributed by atoms with van der Waals surface area (Å²) in [7, 11) is 1.57. The summed E-state index contributed by atoms with van der Waals surface area (Å²) in [5.74, 6) is 1.74. The van der Waals surface area contributed by atoms with Gasteiger partial charge in [0, 0.05) is 18.4 Å². The van der Waals surface area contributed by atoms with E-state index in [0.29, 0.717) is 24.5 Å². The van der Waals surface area contributed by atoms with Crippen LogP contribution in [-0.2, 0) is 11.2 Å². The molecule has 0 aliphatic carbocycles. The fraction of sp³-hybridized carbons (Fsp3) is 0.286. The summed E-state index contributed by atoms with van der Waals surface area (Å²) >= 11 is 0. The number of amides is 1. The Kier molecular flexibility index (Phi) is 6.26. The van der Waals surface area contributed by atoms with Crippen molar-refractivity contribution in [3.8, 4) is 17.3 Å². The fourth-order valence-corrected chi connectivity index (χ4v) is 3.00. The van der Waals surface area contributed by atoms with E-state index in [1.54, 1.807) is 25.4 Å².